The van der Waals surface area contributed by atoms with Crippen LogP contribution < -0.4 is 10.6 Å². The van der Waals surface area contributed by atoms with Gasteiger partial charge in [-0.25, -0.2) is 0 Å². The molecule has 0 spiro atoms. The van der Waals surface area contributed by atoms with Crippen LogP contribution in [-0.2, 0) is 18.4 Å². The quantitative estimate of drug-likeness (QED) is 0.596. The van der Waals surface area contributed by atoms with Crippen LogP contribution in [0.5, 0.6) is 0 Å². The average molecular weight is 197 g/mol. The van der Waals surface area contributed by atoms with Crippen molar-refractivity contribution in [1.29, 1.82) is 0 Å². The molecule has 0 aliphatic rings. The maximum Gasteiger partial charge on any atom is 0.221 e. The molecule has 78 valence electrons. The van der Waals surface area contributed by atoms with Crippen LogP contribution in [0.25, 0.3) is 0 Å². The molecule has 0 radical (unpaired) electrons. The molecule has 0 aliphatic heterocycles. The van der Waals surface area contributed by atoms with Gasteiger partial charge in [-0.3, -0.25) is 9.48 Å². The zero-order valence-electron chi connectivity index (χ0n) is 8.45. The van der Waals surface area contributed by atoms with E-state index in [2.05, 4.69) is 20.9 Å². The zero-order chi connectivity index (χ0) is 10.4. The van der Waals surface area contributed by atoms with Crippen molar-refractivity contribution >= 4 is 5.91 Å². The molecule has 1 aromatic heterocycles. The van der Waals surface area contributed by atoms with Crippen LogP contribution in [0.3, 0.4) is 0 Å². The first-order valence-electron chi connectivity index (χ1n) is 4.49. The second kappa shape index (κ2) is 5.33. The third-order valence-electron chi connectivity index (χ3n) is 1.92. The number of nitrogens with one attached hydrogen (secondary N) is 2. The monoisotopic (exact) mass is 197 g/mol. The lowest BCUT2D eigenvalue weighted by molar-refractivity contribution is -0.120. The van der Waals surface area contributed by atoms with Crippen molar-refractivity contribution in [2.45, 2.75) is 13.0 Å². The van der Waals surface area contributed by atoms with Gasteiger partial charge in [-0.15, -0.1) is 5.10 Å². The van der Waals surface area contributed by atoms with E-state index in [1.165, 1.54) is 0 Å². The van der Waals surface area contributed by atoms with Gasteiger partial charge >= 0.3 is 0 Å². The summed E-state index contributed by atoms with van der Waals surface area (Å²) in [7, 11) is 3.47. The van der Waals surface area contributed by atoms with Gasteiger partial charge in [0.15, 0.2) is 0 Å². The van der Waals surface area contributed by atoms with Crippen LogP contribution >= 0.6 is 0 Å². The van der Waals surface area contributed by atoms with Gasteiger partial charge in [0.05, 0.1) is 11.9 Å². The second-order valence-corrected chi connectivity index (χ2v) is 2.95. The molecule has 1 amide bonds. The number of carbonyl (C=O) groups excluding carboxylic acids is 1. The lowest BCUT2D eigenvalue weighted by atomic mass is 10.4. The fraction of sp³-hybridized carbons (Fsp3) is 0.625. The van der Waals surface area contributed by atoms with E-state index in [0.717, 1.165) is 5.69 Å². The summed E-state index contributed by atoms with van der Waals surface area (Å²) in [6.07, 6.45) is 2.19. The average Bonchev–Trinajstić information content (AvgIpc) is 2.58. The number of hydrogen-bond donors (Lipinski definition) is 2. The molecule has 0 unspecified atom stereocenters. The number of amides is 1. The predicted octanol–water partition coefficient (Wildman–Crippen LogP) is -0.959. The SMILES string of the molecule is CNC(=O)CCNCc1cnnn1C. The molecular weight excluding hydrogens is 182 g/mol. The third kappa shape index (κ3) is 3.14. The van der Waals surface area contributed by atoms with Crippen molar-refractivity contribution < 1.29 is 4.79 Å². The molecule has 0 aliphatic carbocycles. The van der Waals surface area contributed by atoms with Gasteiger partial charge in [0.2, 0.25) is 5.91 Å². The summed E-state index contributed by atoms with van der Waals surface area (Å²) in [5.41, 5.74) is 1.00. The molecule has 6 heteroatoms. The number of hydrogen-bond acceptors (Lipinski definition) is 4. The van der Waals surface area contributed by atoms with Crippen LogP contribution in [0.1, 0.15) is 12.1 Å². The van der Waals surface area contributed by atoms with Crippen molar-refractivity contribution in [3.63, 3.8) is 0 Å². The highest BCUT2D eigenvalue weighted by atomic mass is 16.1. The molecule has 1 heterocycles. The smallest absolute Gasteiger partial charge is 0.221 e. The first kappa shape index (κ1) is 10.6. The van der Waals surface area contributed by atoms with E-state index in [9.17, 15) is 4.79 Å². The molecule has 0 bridgehead atoms. The van der Waals surface area contributed by atoms with E-state index in [0.29, 0.717) is 19.5 Å². The summed E-state index contributed by atoms with van der Waals surface area (Å²) in [5, 5.41) is 13.2. The number of aryl methyl sites for hydroxylation is 1. The molecule has 6 nitrogen and oxygen atoms in total. The molecule has 1 aromatic rings. The third-order valence-corrected chi connectivity index (χ3v) is 1.92. The lowest BCUT2D eigenvalue weighted by Gasteiger charge is -2.03. The number of nitrogens with zero attached hydrogens (tertiary/aromatic N) is 3. The Labute approximate surface area is 82.7 Å². The summed E-state index contributed by atoms with van der Waals surface area (Å²) in [4.78, 5) is 10.9. The Morgan fingerprint density at radius 2 is 2.43 bits per heavy atom. The van der Waals surface area contributed by atoms with E-state index in [-0.39, 0.29) is 5.91 Å². The molecule has 0 saturated carbocycles. The van der Waals surface area contributed by atoms with Crippen molar-refractivity contribution in [3.8, 4) is 0 Å². The molecule has 14 heavy (non-hydrogen) atoms. The van der Waals surface area contributed by atoms with Crippen molar-refractivity contribution in [3.05, 3.63) is 11.9 Å². The fourth-order valence-corrected chi connectivity index (χ4v) is 1.01. The van der Waals surface area contributed by atoms with E-state index >= 15 is 0 Å². The fourth-order valence-electron chi connectivity index (χ4n) is 1.01. The van der Waals surface area contributed by atoms with Gasteiger partial charge in [0, 0.05) is 33.6 Å². The maximum absolute atomic E-state index is 10.9. The molecule has 1 rings (SSSR count). The van der Waals surface area contributed by atoms with Gasteiger partial charge in [-0.1, -0.05) is 5.21 Å². The lowest BCUT2D eigenvalue weighted by Crippen LogP contribution is -2.25. The summed E-state index contributed by atoms with van der Waals surface area (Å²) >= 11 is 0. The highest BCUT2D eigenvalue weighted by Gasteiger charge is 2.00. The molecule has 2 N–H and O–H groups in total. The van der Waals surface area contributed by atoms with Crippen LogP contribution in [0.4, 0.5) is 0 Å². The van der Waals surface area contributed by atoms with Crippen molar-refractivity contribution in [1.82, 2.24) is 25.6 Å². The topological polar surface area (TPSA) is 71.8 Å². The Bertz CT molecular complexity index is 296. The van der Waals surface area contributed by atoms with Crippen molar-refractivity contribution in [2.75, 3.05) is 13.6 Å². The van der Waals surface area contributed by atoms with Gasteiger partial charge in [0.25, 0.3) is 0 Å². The molecular formula is C8H15N5O. The van der Waals surface area contributed by atoms with Crippen molar-refractivity contribution in [2.24, 2.45) is 7.05 Å². The van der Waals surface area contributed by atoms with E-state index in [1.54, 1.807) is 17.9 Å². The highest BCUT2D eigenvalue weighted by Crippen LogP contribution is 1.91. The van der Waals surface area contributed by atoms with Crippen LogP contribution in [0.15, 0.2) is 6.20 Å². The Morgan fingerprint density at radius 1 is 1.64 bits per heavy atom. The van der Waals surface area contributed by atoms with E-state index < -0.39 is 0 Å². The second-order valence-electron chi connectivity index (χ2n) is 2.95. The minimum absolute atomic E-state index is 0.0423. The standard InChI is InChI=1S/C8H15N5O/c1-9-8(14)3-4-10-5-7-6-11-12-13(7)2/h6,10H,3-5H2,1-2H3,(H,9,14). The van der Waals surface area contributed by atoms with Crippen LogP contribution in [0.2, 0.25) is 0 Å². The largest absolute Gasteiger partial charge is 0.359 e. The predicted molar refractivity (Wildman–Crippen MR) is 51.4 cm³/mol. The first-order chi connectivity index (χ1) is 6.74. The van der Waals surface area contributed by atoms with E-state index in [4.69, 9.17) is 0 Å². The number of rotatable bonds is 5. The summed E-state index contributed by atoms with van der Waals surface area (Å²) < 4.78 is 1.70. The summed E-state index contributed by atoms with van der Waals surface area (Å²) in [5.74, 6) is 0.0423. The van der Waals surface area contributed by atoms with Gasteiger partial charge in [-0.05, 0) is 0 Å². The Hall–Kier alpha value is -1.43. The molecule has 0 atom stereocenters. The minimum atomic E-state index is 0.0423. The maximum atomic E-state index is 10.9. The van der Waals surface area contributed by atoms with Crippen LogP contribution in [-0.4, -0.2) is 34.5 Å². The van der Waals surface area contributed by atoms with E-state index in [1.807, 2.05) is 7.05 Å². The Morgan fingerprint density at radius 3 is 3.00 bits per heavy atom. The Balaban J connectivity index is 2.16. The van der Waals surface area contributed by atoms with Crippen LogP contribution in [0, 0.1) is 0 Å². The molecule has 0 saturated heterocycles. The number of aromatic nitrogens is 3. The minimum Gasteiger partial charge on any atom is -0.359 e. The Kier molecular flexibility index (Phi) is 4.06. The van der Waals surface area contributed by atoms with Gasteiger partial charge in [-0.2, -0.15) is 0 Å². The molecule has 0 fully saturated rings. The van der Waals surface area contributed by atoms with Gasteiger partial charge < -0.3 is 10.6 Å². The first-order valence-corrected chi connectivity index (χ1v) is 4.49. The summed E-state index contributed by atoms with van der Waals surface area (Å²) in [6, 6.07) is 0. The summed E-state index contributed by atoms with van der Waals surface area (Å²) in [6.45, 7) is 1.34. The highest BCUT2D eigenvalue weighted by molar-refractivity contribution is 5.75. The normalized spacial score (nSPS) is 10.1. The van der Waals surface area contributed by atoms with Gasteiger partial charge in [0.1, 0.15) is 0 Å². The zero-order valence-corrected chi connectivity index (χ0v) is 8.45. The molecule has 0 aromatic carbocycles. The number of carbonyl (C=O) groups is 1.